The summed E-state index contributed by atoms with van der Waals surface area (Å²) in [7, 11) is 0. The second-order valence-corrected chi connectivity index (χ2v) is 6.48. The minimum absolute atomic E-state index is 0.184. The van der Waals surface area contributed by atoms with Crippen LogP contribution in [0.2, 0.25) is 0 Å². The molecule has 0 unspecified atom stereocenters. The summed E-state index contributed by atoms with van der Waals surface area (Å²) in [6.45, 7) is 3.75. The Morgan fingerprint density at radius 1 is 1.16 bits per heavy atom. The molecule has 1 aromatic carbocycles. The van der Waals surface area contributed by atoms with E-state index in [1.165, 1.54) is 5.56 Å². The number of hydrogen-bond donors (Lipinski definition) is 1. The Kier molecular flexibility index (Phi) is 5.66. The van der Waals surface area contributed by atoms with E-state index in [1.807, 2.05) is 18.2 Å². The normalized spacial score (nSPS) is 15.3. The Balaban J connectivity index is 1.46. The Bertz CT molecular complexity index is 762. The standard InChI is InChI=1S/C20H24N2O3/c1-15-7-8-18(19(23)21-15)20(24)22-12-9-17(10-13-22)25-14-11-16-5-3-2-4-6-16/h2-8,17H,9-14H2,1H3,(H,21,23). The maximum absolute atomic E-state index is 12.5. The summed E-state index contributed by atoms with van der Waals surface area (Å²) in [6.07, 6.45) is 2.71. The van der Waals surface area contributed by atoms with Gasteiger partial charge in [0.25, 0.3) is 11.5 Å². The molecule has 132 valence electrons. The summed E-state index contributed by atoms with van der Waals surface area (Å²) in [5.74, 6) is -0.191. The van der Waals surface area contributed by atoms with Crippen LogP contribution in [0.3, 0.4) is 0 Å². The third kappa shape index (κ3) is 4.57. The maximum atomic E-state index is 12.5. The number of ether oxygens (including phenoxy) is 1. The van der Waals surface area contributed by atoms with Crippen molar-refractivity contribution in [2.24, 2.45) is 0 Å². The fourth-order valence-corrected chi connectivity index (χ4v) is 3.12. The number of amides is 1. The number of benzene rings is 1. The summed E-state index contributed by atoms with van der Waals surface area (Å²) < 4.78 is 5.95. The van der Waals surface area contributed by atoms with Crippen molar-refractivity contribution >= 4 is 5.91 Å². The highest BCUT2D eigenvalue weighted by Gasteiger charge is 2.25. The zero-order valence-electron chi connectivity index (χ0n) is 14.5. The predicted molar refractivity (Wildman–Crippen MR) is 96.8 cm³/mol. The molecule has 1 aromatic heterocycles. The smallest absolute Gasteiger partial charge is 0.260 e. The molecule has 2 heterocycles. The van der Waals surface area contributed by atoms with Crippen LogP contribution >= 0.6 is 0 Å². The zero-order valence-corrected chi connectivity index (χ0v) is 14.5. The number of likely N-dealkylation sites (tertiary alicyclic amines) is 1. The number of H-pyrrole nitrogens is 1. The second kappa shape index (κ2) is 8.12. The highest BCUT2D eigenvalue weighted by molar-refractivity contribution is 5.93. The summed E-state index contributed by atoms with van der Waals surface area (Å²) in [5, 5.41) is 0. The molecule has 0 aliphatic carbocycles. The lowest BCUT2D eigenvalue weighted by molar-refractivity contribution is 0.01000. The minimum atomic E-state index is -0.314. The molecule has 0 saturated carbocycles. The van der Waals surface area contributed by atoms with E-state index in [-0.39, 0.29) is 23.1 Å². The molecule has 0 spiro atoms. The molecular formula is C20H24N2O3. The largest absolute Gasteiger partial charge is 0.378 e. The van der Waals surface area contributed by atoms with E-state index in [9.17, 15) is 9.59 Å². The number of aromatic amines is 1. The van der Waals surface area contributed by atoms with Gasteiger partial charge in [-0.05, 0) is 43.9 Å². The van der Waals surface area contributed by atoms with Gasteiger partial charge in [-0.15, -0.1) is 0 Å². The van der Waals surface area contributed by atoms with Gasteiger partial charge in [0, 0.05) is 18.8 Å². The highest BCUT2D eigenvalue weighted by atomic mass is 16.5. The average Bonchev–Trinajstić information content (AvgIpc) is 2.63. The molecule has 1 aliphatic heterocycles. The molecule has 5 nitrogen and oxygen atoms in total. The summed E-state index contributed by atoms with van der Waals surface area (Å²) in [6, 6.07) is 13.6. The van der Waals surface area contributed by atoms with Gasteiger partial charge in [-0.3, -0.25) is 9.59 Å². The van der Waals surface area contributed by atoms with Gasteiger partial charge in [0.15, 0.2) is 0 Å². The van der Waals surface area contributed by atoms with Crippen molar-refractivity contribution < 1.29 is 9.53 Å². The van der Waals surface area contributed by atoms with E-state index >= 15 is 0 Å². The molecule has 1 amide bonds. The Morgan fingerprint density at radius 3 is 2.56 bits per heavy atom. The number of aryl methyl sites for hydroxylation is 1. The van der Waals surface area contributed by atoms with E-state index < -0.39 is 0 Å². The van der Waals surface area contributed by atoms with E-state index in [2.05, 4.69) is 17.1 Å². The topological polar surface area (TPSA) is 62.4 Å². The molecule has 25 heavy (non-hydrogen) atoms. The first-order chi connectivity index (χ1) is 12.1. The summed E-state index contributed by atoms with van der Waals surface area (Å²) >= 11 is 0. The third-order valence-electron chi connectivity index (χ3n) is 4.60. The van der Waals surface area contributed by atoms with Crippen LogP contribution < -0.4 is 5.56 Å². The number of hydrogen-bond acceptors (Lipinski definition) is 3. The fraction of sp³-hybridized carbons (Fsp3) is 0.400. The van der Waals surface area contributed by atoms with E-state index in [4.69, 9.17) is 4.74 Å². The van der Waals surface area contributed by atoms with Crippen molar-refractivity contribution in [2.75, 3.05) is 19.7 Å². The highest BCUT2D eigenvalue weighted by Crippen LogP contribution is 2.16. The van der Waals surface area contributed by atoms with Crippen molar-refractivity contribution in [1.29, 1.82) is 0 Å². The molecule has 0 atom stereocenters. The van der Waals surface area contributed by atoms with Gasteiger partial charge in [-0.1, -0.05) is 30.3 Å². The molecule has 0 bridgehead atoms. The molecule has 3 rings (SSSR count). The molecule has 1 fully saturated rings. The van der Waals surface area contributed by atoms with Gasteiger partial charge in [0.05, 0.1) is 12.7 Å². The molecule has 1 N–H and O–H groups in total. The summed E-state index contributed by atoms with van der Waals surface area (Å²) in [5.41, 5.74) is 1.93. The second-order valence-electron chi connectivity index (χ2n) is 6.48. The number of nitrogens with one attached hydrogen (secondary N) is 1. The minimum Gasteiger partial charge on any atom is -0.378 e. The Morgan fingerprint density at radius 2 is 1.88 bits per heavy atom. The lowest BCUT2D eigenvalue weighted by atomic mass is 10.1. The number of nitrogens with zero attached hydrogens (tertiary/aromatic N) is 1. The van der Waals surface area contributed by atoms with Crippen LogP contribution in [0.4, 0.5) is 0 Å². The van der Waals surface area contributed by atoms with Gasteiger partial charge in [0.1, 0.15) is 5.56 Å². The van der Waals surface area contributed by atoms with Crippen LogP contribution in [0.25, 0.3) is 0 Å². The van der Waals surface area contributed by atoms with E-state index in [0.29, 0.717) is 19.7 Å². The summed E-state index contributed by atoms with van der Waals surface area (Å²) in [4.78, 5) is 28.9. The monoisotopic (exact) mass is 340 g/mol. The molecule has 5 heteroatoms. The number of carbonyl (C=O) groups excluding carboxylic acids is 1. The Hall–Kier alpha value is -2.40. The van der Waals surface area contributed by atoms with Crippen molar-refractivity contribution in [2.45, 2.75) is 32.3 Å². The molecule has 1 aliphatic rings. The fourth-order valence-electron chi connectivity index (χ4n) is 3.12. The third-order valence-corrected chi connectivity index (χ3v) is 4.60. The molecule has 0 radical (unpaired) electrons. The van der Waals surface area contributed by atoms with Crippen LogP contribution in [0.15, 0.2) is 47.3 Å². The predicted octanol–water partition coefficient (Wildman–Crippen LogP) is 2.55. The van der Waals surface area contributed by atoms with E-state index in [1.54, 1.807) is 24.0 Å². The number of piperidine rings is 1. The van der Waals surface area contributed by atoms with Crippen LogP contribution in [-0.4, -0.2) is 41.6 Å². The van der Waals surface area contributed by atoms with Crippen molar-refractivity contribution in [3.8, 4) is 0 Å². The first-order valence-corrected chi connectivity index (χ1v) is 8.78. The molecular weight excluding hydrogens is 316 g/mol. The SMILES string of the molecule is Cc1ccc(C(=O)N2CCC(OCCc3ccccc3)CC2)c(=O)[nH]1. The number of pyridine rings is 1. The van der Waals surface area contributed by atoms with Gasteiger partial charge >= 0.3 is 0 Å². The number of aromatic nitrogens is 1. The van der Waals surface area contributed by atoms with Crippen molar-refractivity contribution in [3.63, 3.8) is 0 Å². The van der Waals surface area contributed by atoms with E-state index in [0.717, 1.165) is 25.0 Å². The number of carbonyl (C=O) groups is 1. The van der Waals surface area contributed by atoms with Gasteiger partial charge < -0.3 is 14.6 Å². The lowest BCUT2D eigenvalue weighted by Crippen LogP contribution is -2.42. The van der Waals surface area contributed by atoms with Crippen molar-refractivity contribution in [1.82, 2.24) is 9.88 Å². The zero-order chi connectivity index (χ0) is 17.6. The van der Waals surface area contributed by atoms with Crippen molar-refractivity contribution in [3.05, 3.63) is 69.6 Å². The van der Waals surface area contributed by atoms with Crippen LogP contribution in [0, 0.1) is 6.92 Å². The van der Waals surface area contributed by atoms with Crippen LogP contribution in [0.1, 0.15) is 34.5 Å². The van der Waals surface area contributed by atoms with Crippen LogP contribution in [0.5, 0.6) is 0 Å². The maximum Gasteiger partial charge on any atom is 0.260 e. The first-order valence-electron chi connectivity index (χ1n) is 8.78. The van der Waals surface area contributed by atoms with Gasteiger partial charge in [-0.25, -0.2) is 0 Å². The number of rotatable bonds is 5. The average molecular weight is 340 g/mol. The Labute approximate surface area is 147 Å². The molecule has 2 aromatic rings. The first kappa shape index (κ1) is 17.4. The van der Waals surface area contributed by atoms with Gasteiger partial charge in [-0.2, -0.15) is 0 Å². The van der Waals surface area contributed by atoms with Gasteiger partial charge in [0.2, 0.25) is 0 Å². The molecule has 1 saturated heterocycles. The van der Waals surface area contributed by atoms with Crippen LogP contribution in [-0.2, 0) is 11.2 Å². The quantitative estimate of drug-likeness (QED) is 0.910. The lowest BCUT2D eigenvalue weighted by Gasteiger charge is -2.31.